The number of rotatable bonds is 6. The number of nitrogens with zero attached hydrogens (tertiary/aromatic N) is 6. The number of hydrogen-bond acceptors (Lipinski definition) is 5. The van der Waals surface area contributed by atoms with Crippen LogP contribution in [-0.4, -0.2) is 29.7 Å². The molecular weight excluding hydrogens is 746 g/mol. The minimum Gasteiger partial charge on any atom is -0.342 e. The Labute approximate surface area is 256 Å². The predicted molar refractivity (Wildman–Crippen MR) is 141 cm³/mol. The zero-order chi connectivity index (χ0) is 29.3. The van der Waals surface area contributed by atoms with E-state index in [0.717, 1.165) is 22.9 Å². The predicted octanol–water partition coefficient (Wildman–Crippen LogP) is 6.40. The molecule has 3 aromatic heterocycles. The normalized spacial score (nSPS) is 11.7. The summed E-state index contributed by atoms with van der Waals surface area (Å²) in [7, 11) is 0. The topological polar surface area (TPSA) is 69.4 Å². The zero-order valence-corrected chi connectivity index (χ0v) is 24.0. The smallest absolute Gasteiger partial charge is 0.342 e. The van der Waals surface area contributed by atoms with Gasteiger partial charge in [-0.1, -0.05) is 78.5 Å². The van der Waals surface area contributed by atoms with Gasteiger partial charge in [0.2, 0.25) is 0 Å². The first-order chi connectivity index (χ1) is 20.3. The number of aromatic nitrogens is 6. The Bertz CT molecular complexity index is 1820. The molecule has 216 valence electrons. The zero-order valence-electron chi connectivity index (χ0n) is 21.7. The van der Waals surface area contributed by atoms with Crippen molar-refractivity contribution in [2.24, 2.45) is 0 Å². The van der Waals surface area contributed by atoms with Gasteiger partial charge in [0.1, 0.15) is 5.41 Å². The van der Waals surface area contributed by atoms with Crippen LogP contribution in [0.15, 0.2) is 104 Å². The van der Waals surface area contributed by atoms with E-state index in [1.54, 1.807) is 0 Å². The Morgan fingerprint density at radius 1 is 0.698 bits per heavy atom. The molecule has 0 fully saturated rings. The Morgan fingerprint density at radius 2 is 1.30 bits per heavy atom. The fourth-order valence-electron chi connectivity index (χ4n) is 4.76. The van der Waals surface area contributed by atoms with Crippen molar-refractivity contribution in [3.63, 3.8) is 0 Å². The van der Waals surface area contributed by atoms with Crippen LogP contribution >= 0.6 is 0 Å². The molecule has 43 heavy (non-hydrogen) atoms. The van der Waals surface area contributed by atoms with E-state index in [2.05, 4.69) is 27.3 Å². The van der Waals surface area contributed by atoms with Crippen LogP contribution in [0.2, 0.25) is 0 Å². The maximum absolute atomic E-state index is 14.8. The molecule has 0 aliphatic carbocycles. The van der Waals surface area contributed by atoms with Crippen LogP contribution < -0.4 is 0 Å². The SMILES string of the molecule is Fc1c[c-]c(-c2cncc(C(c3ccccc3)(c3ccccc3)c3cncc(-n4[c-]cc(C(F)(F)F)n4)n3)n2)c(F)c1.[Pt+2]. The molecule has 0 aliphatic heterocycles. The summed E-state index contributed by atoms with van der Waals surface area (Å²) in [4.78, 5) is 18.1. The van der Waals surface area contributed by atoms with Gasteiger partial charge in [0.05, 0.1) is 22.9 Å². The Morgan fingerprint density at radius 3 is 1.88 bits per heavy atom. The molecule has 12 heteroatoms. The average Bonchev–Trinajstić information content (AvgIpc) is 3.51. The van der Waals surface area contributed by atoms with Crippen LogP contribution in [0.1, 0.15) is 28.2 Å². The molecule has 0 saturated carbocycles. The second-order valence-corrected chi connectivity index (χ2v) is 9.14. The van der Waals surface area contributed by atoms with Crippen LogP contribution in [0.5, 0.6) is 0 Å². The molecule has 0 N–H and O–H groups in total. The summed E-state index contributed by atoms with van der Waals surface area (Å²) in [6.07, 6.45) is 3.32. The number of benzene rings is 3. The van der Waals surface area contributed by atoms with Gasteiger partial charge in [-0.15, -0.1) is 18.2 Å². The molecule has 0 saturated heterocycles. The molecule has 6 aromatic rings. The summed E-state index contributed by atoms with van der Waals surface area (Å²) in [5.41, 5.74) is -0.594. The van der Waals surface area contributed by atoms with Crippen LogP contribution in [0, 0.1) is 23.9 Å². The number of alkyl halides is 3. The quantitative estimate of drug-likeness (QED) is 0.145. The van der Waals surface area contributed by atoms with E-state index in [4.69, 9.17) is 9.97 Å². The third-order valence-corrected chi connectivity index (χ3v) is 6.59. The summed E-state index contributed by atoms with van der Waals surface area (Å²) in [6.45, 7) is 0. The van der Waals surface area contributed by atoms with Crippen LogP contribution in [0.3, 0.4) is 0 Å². The van der Waals surface area contributed by atoms with Crippen molar-refractivity contribution in [2.75, 3.05) is 0 Å². The molecule has 6 rings (SSSR count). The first kappa shape index (κ1) is 29.8. The first-order valence-corrected chi connectivity index (χ1v) is 12.5. The first-order valence-electron chi connectivity index (χ1n) is 12.5. The number of halogens is 5. The maximum atomic E-state index is 14.8. The van der Waals surface area contributed by atoms with Gasteiger partial charge in [-0.2, -0.15) is 13.2 Å². The maximum Gasteiger partial charge on any atom is 2.00 e. The van der Waals surface area contributed by atoms with Gasteiger partial charge < -0.3 is 4.68 Å². The minimum atomic E-state index is -4.67. The summed E-state index contributed by atoms with van der Waals surface area (Å²) < 4.78 is 69.2. The van der Waals surface area contributed by atoms with E-state index in [1.807, 2.05) is 60.7 Å². The van der Waals surface area contributed by atoms with Crippen molar-refractivity contribution >= 4 is 0 Å². The Balaban J connectivity index is 0.00000368. The second kappa shape index (κ2) is 11.9. The third-order valence-electron chi connectivity index (χ3n) is 6.59. The molecule has 0 amide bonds. The van der Waals surface area contributed by atoms with E-state index in [-0.39, 0.29) is 43.8 Å². The Kier molecular flexibility index (Phi) is 8.28. The summed E-state index contributed by atoms with van der Waals surface area (Å²) >= 11 is 0. The molecule has 0 atom stereocenters. The van der Waals surface area contributed by atoms with E-state index < -0.39 is 28.9 Å². The van der Waals surface area contributed by atoms with Crippen molar-refractivity contribution in [3.05, 3.63) is 156 Å². The molecule has 0 aliphatic rings. The van der Waals surface area contributed by atoms with Crippen LogP contribution in [-0.2, 0) is 32.7 Å². The molecule has 0 spiro atoms. The van der Waals surface area contributed by atoms with Gasteiger partial charge in [0.25, 0.3) is 0 Å². The van der Waals surface area contributed by atoms with Gasteiger partial charge in [-0.05, 0) is 11.1 Å². The van der Waals surface area contributed by atoms with E-state index in [9.17, 15) is 22.0 Å². The summed E-state index contributed by atoms with van der Waals surface area (Å²) in [5, 5.41) is 3.59. The molecule has 0 bridgehead atoms. The van der Waals surface area contributed by atoms with Gasteiger partial charge >= 0.3 is 27.2 Å². The number of hydrogen-bond donors (Lipinski definition) is 0. The molecule has 0 unspecified atom stereocenters. The van der Waals surface area contributed by atoms with Gasteiger partial charge in [-0.25, -0.2) is 0 Å². The Hall–Kier alpha value is -4.63. The van der Waals surface area contributed by atoms with Crippen molar-refractivity contribution in [2.45, 2.75) is 11.6 Å². The van der Waals surface area contributed by atoms with Crippen LogP contribution in [0.4, 0.5) is 22.0 Å². The standard InChI is InChI=1S/C31H17F5N6.Pt/c32-22-11-12-23(24(33)15-22)25-16-37-17-27(39-25)30(20-7-3-1-4-8-20,21-9-5-2-6-10-21)28-18-38-19-29(40-28)42-14-13-26(41-42)31(34,35)36;/h1-11,13,15-19H;/q-2;+2. The van der Waals surface area contributed by atoms with Crippen molar-refractivity contribution < 1.29 is 43.0 Å². The van der Waals surface area contributed by atoms with Crippen LogP contribution in [0.25, 0.3) is 17.1 Å². The van der Waals surface area contributed by atoms with Crippen molar-refractivity contribution in [1.29, 1.82) is 0 Å². The summed E-state index contributed by atoms with van der Waals surface area (Å²) in [5.74, 6) is -1.69. The molecule has 3 heterocycles. The largest absolute Gasteiger partial charge is 2.00 e. The van der Waals surface area contributed by atoms with Gasteiger partial charge in [-0.3, -0.25) is 33.8 Å². The third kappa shape index (κ3) is 5.60. The van der Waals surface area contributed by atoms with Crippen molar-refractivity contribution in [1.82, 2.24) is 29.7 Å². The monoisotopic (exact) mass is 763 g/mol. The fourth-order valence-corrected chi connectivity index (χ4v) is 4.76. The molecule has 6 nitrogen and oxygen atoms in total. The second-order valence-electron chi connectivity index (χ2n) is 9.14. The average molecular weight is 764 g/mol. The van der Waals surface area contributed by atoms with Gasteiger partial charge in [0, 0.05) is 42.1 Å². The van der Waals surface area contributed by atoms with E-state index >= 15 is 0 Å². The van der Waals surface area contributed by atoms with Crippen molar-refractivity contribution in [3.8, 4) is 17.1 Å². The molecule has 0 radical (unpaired) electrons. The summed E-state index contributed by atoms with van der Waals surface area (Å²) in [6, 6.07) is 23.3. The molecular formula is C31H17F5N6Pt. The minimum absolute atomic E-state index is 0. The fraction of sp³-hybridized carbons (Fsp3) is 0.0645. The van der Waals surface area contributed by atoms with E-state index in [0.29, 0.717) is 16.8 Å². The van der Waals surface area contributed by atoms with E-state index in [1.165, 1.54) is 24.8 Å². The van der Waals surface area contributed by atoms with Gasteiger partial charge in [0.15, 0.2) is 0 Å². The molecule has 3 aromatic carbocycles.